The molecule has 2 heterocycles. The second-order valence-corrected chi connectivity index (χ2v) is 12.2. The van der Waals surface area contributed by atoms with Gasteiger partial charge in [0, 0.05) is 68.8 Å². The van der Waals surface area contributed by atoms with Crippen molar-refractivity contribution in [2.45, 2.75) is 83.0 Å². The van der Waals surface area contributed by atoms with E-state index < -0.39 is 5.82 Å². The van der Waals surface area contributed by atoms with Crippen molar-refractivity contribution < 1.29 is 23.5 Å². The molecule has 1 aliphatic heterocycles. The van der Waals surface area contributed by atoms with E-state index in [1.807, 2.05) is 49.1 Å². The quantitative estimate of drug-likeness (QED) is 0.204. The zero-order valence-corrected chi connectivity index (χ0v) is 28.6. The first-order chi connectivity index (χ1) is 21.4. The predicted molar refractivity (Wildman–Crippen MR) is 184 cm³/mol. The molecule has 1 N–H and O–H groups in total. The summed E-state index contributed by atoms with van der Waals surface area (Å²) in [5.74, 6) is -0.0740. The van der Waals surface area contributed by atoms with E-state index in [9.17, 15) is 14.0 Å². The highest BCUT2D eigenvalue weighted by Gasteiger charge is 2.35. The van der Waals surface area contributed by atoms with Crippen molar-refractivity contribution in [1.29, 1.82) is 0 Å². The van der Waals surface area contributed by atoms with E-state index in [4.69, 9.17) is 9.47 Å². The van der Waals surface area contributed by atoms with Crippen molar-refractivity contribution in [2.24, 2.45) is 0 Å². The Labute approximate surface area is 284 Å². The monoisotopic (exact) mass is 676 g/mol. The predicted octanol–water partition coefficient (Wildman–Crippen LogP) is 6.23. The maximum atomic E-state index is 14.9. The molecule has 11 heteroatoms. The lowest BCUT2D eigenvalue weighted by molar-refractivity contribution is -0.131. The molecule has 1 saturated heterocycles. The standard InChI is InChI=1S/C35H45FN4O4.2ClH/c1-24(2)40(35(42)31-22-32(44-20-8-19-43-3)29-11-7-12-30(36)34(29)38-31)28-14-13-26(37-23-28)17-18-39(27-15-16-27)33(41)21-25-9-5-4-6-10-25;;/h4-7,9-12,22,24,26-28,37H,8,13-21,23H2,1-3H3;2*1H/t26-,28-;;/m1../s1. The number of rotatable bonds is 14. The molecule has 2 fully saturated rings. The lowest BCUT2D eigenvalue weighted by atomic mass is 9.96. The Morgan fingerprint density at radius 3 is 2.39 bits per heavy atom. The number of hydrogen-bond acceptors (Lipinski definition) is 6. The number of para-hydroxylation sites is 1. The number of carbonyl (C=O) groups is 2. The van der Waals surface area contributed by atoms with Crippen molar-refractivity contribution >= 4 is 47.5 Å². The second kappa shape index (κ2) is 17.8. The third kappa shape index (κ3) is 9.53. The van der Waals surface area contributed by atoms with Gasteiger partial charge in [-0.25, -0.2) is 9.37 Å². The first-order valence-electron chi connectivity index (χ1n) is 16.0. The van der Waals surface area contributed by atoms with Gasteiger partial charge in [-0.2, -0.15) is 0 Å². The van der Waals surface area contributed by atoms with E-state index in [2.05, 4.69) is 15.2 Å². The number of ether oxygens (including phenoxy) is 2. The van der Waals surface area contributed by atoms with Crippen LogP contribution in [0.1, 0.15) is 68.4 Å². The van der Waals surface area contributed by atoms with Gasteiger partial charge < -0.3 is 24.6 Å². The Bertz CT molecular complexity index is 1420. The lowest BCUT2D eigenvalue weighted by Crippen LogP contribution is -2.54. The van der Waals surface area contributed by atoms with Crippen molar-refractivity contribution in [3.63, 3.8) is 0 Å². The summed E-state index contributed by atoms with van der Waals surface area (Å²) in [6, 6.07) is 16.9. The maximum absolute atomic E-state index is 14.9. The van der Waals surface area contributed by atoms with Crippen LogP contribution >= 0.6 is 24.8 Å². The minimum absolute atomic E-state index is 0. The number of amides is 2. The molecule has 2 atom stereocenters. The molecule has 1 saturated carbocycles. The van der Waals surface area contributed by atoms with E-state index in [0.717, 1.165) is 44.2 Å². The number of hydrogen-bond donors (Lipinski definition) is 1. The Hall–Kier alpha value is -2.98. The number of methoxy groups -OCH3 is 1. The van der Waals surface area contributed by atoms with Gasteiger partial charge in [-0.1, -0.05) is 36.4 Å². The average molecular weight is 678 g/mol. The zero-order chi connectivity index (χ0) is 31.1. The Kier molecular flexibility index (Phi) is 14.5. The highest BCUT2D eigenvalue weighted by atomic mass is 35.5. The molecule has 3 aromatic rings. The van der Waals surface area contributed by atoms with Gasteiger partial charge in [0.2, 0.25) is 5.91 Å². The molecule has 1 aliphatic carbocycles. The van der Waals surface area contributed by atoms with E-state index in [1.165, 1.54) is 6.07 Å². The number of piperidine rings is 1. The third-order valence-corrected chi connectivity index (χ3v) is 8.62. The average Bonchev–Trinajstić information content (AvgIpc) is 3.86. The molecule has 0 radical (unpaired) electrons. The van der Waals surface area contributed by atoms with Crippen molar-refractivity contribution in [2.75, 3.05) is 33.4 Å². The molecule has 0 spiro atoms. The summed E-state index contributed by atoms with van der Waals surface area (Å²) in [6.07, 6.45) is 5.90. The van der Waals surface area contributed by atoms with E-state index >= 15 is 0 Å². The molecule has 2 amide bonds. The minimum Gasteiger partial charge on any atom is -0.493 e. The van der Waals surface area contributed by atoms with E-state index in [0.29, 0.717) is 49.8 Å². The summed E-state index contributed by atoms with van der Waals surface area (Å²) in [6.45, 7) is 6.32. The van der Waals surface area contributed by atoms with Gasteiger partial charge in [0.1, 0.15) is 22.8 Å². The largest absolute Gasteiger partial charge is 0.493 e. The van der Waals surface area contributed by atoms with Crippen LogP contribution in [0.5, 0.6) is 5.75 Å². The van der Waals surface area contributed by atoms with Gasteiger partial charge in [0.05, 0.1) is 13.0 Å². The smallest absolute Gasteiger partial charge is 0.273 e. The van der Waals surface area contributed by atoms with Crippen molar-refractivity contribution in [3.8, 4) is 5.75 Å². The number of nitrogens with one attached hydrogen (secondary N) is 1. The van der Waals surface area contributed by atoms with Gasteiger partial charge in [-0.05, 0) is 63.6 Å². The van der Waals surface area contributed by atoms with Crippen LogP contribution in [0.2, 0.25) is 0 Å². The van der Waals surface area contributed by atoms with E-state index in [1.54, 1.807) is 25.3 Å². The van der Waals surface area contributed by atoms with Crippen LogP contribution in [-0.2, 0) is 16.0 Å². The fourth-order valence-electron chi connectivity index (χ4n) is 6.20. The summed E-state index contributed by atoms with van der Waals surface area (Å²) in [4.78, 5) is 35.5. The highest BCUT2D eigenvalue weighted by molar-refractivity contribution is 5.97. The molecular formula is C35H47Cl2FN4O4. The number of nitrogens with zero attached hydrogens (tertiary/aromatic N) is 3. The zero-order valence-electron chi connectivity index (χ0n) is 27.0. The molecule has 0 unspecified atom stereocenters. The summed E-state index contributed by atoms with van der Waals surface area (Å²) < 4.78 is 26.0. The summed E-state index contributed by atoms with van der Waals surface area (Å²) in [5.41, 5.74) is 1.36. The fraction of sp³-hybridized carbons (Fsp3) is 0.514. The van der Waals surface area contributed by atoms with Crippen LogP contribution in [0, 0.1) is 5.82 Å². The SMILES string of the molecule is COCCCOc1cc(C(=O)N(C(C)C)[C@@H]2CC[C@H](CCN(C(=O)Cc3ccccc3)C3CC3)NC2)nc2c(F)cccc12.Cl.Cl. The number of pyridine rings is 1. The highest BCUT2D eigenvalue weighted by Crippen LogP contribution is 2.30. The maximum Gasteiger partial charge on any atom is 0.273 e. The van der Waals surface area contributed by atoms with Gasteiger partial charge in [0.15, 0.2) is 0 Å². The molecule has 0 bridgehead atoms. The fourth-order valence-corrected chi connectivity index (χ4v) is 6.20. The number of benzene rings is 2. The molecule has 5 rings (SSSR count). The van der Waals surface area contributed by atoms with Crippen LogP contribution in [0.3, 0.4) is 0 Å². The van der Waals surface area contributed by atoms with Crippen LogP contribution < -0.4 is 10.1 Å². The van der Waals surface area contributed by atoms with E-state index in [-0.39, 0.29) is 66.0 Å². The molecule has 2 aliphatic rings. The van der Waals surface area contributed by atoms with Crippen LogP contribution in [-0.4, -0.2) is 84.2 Å². The van der Waals surface area contributed by atoms with Crippen molar-refractivity contribution in [3.05, 3.63) is 71.7 Å². The number of carbonyl (C=O) groups excluding carboxylic acids is 2. The van der Waals surface area contributed by atoms with Gasteiger partial charge >= 0.3 is 0 Å². The normalized spacial score (nSPS) is 17.6. The lowest BCUT2D eigenvalue weighted by Gasteiger charge is -2.40. The summed E-state index contributed by atoms with van der Waals surface area (Å²) in [7, 11) is 1.63. The topological polar surface area (TPSA) is 84.0 Å². The number of aromatic nitrogens is 1. The van der Waals surface area contributed by atoms with Crippen LogP contribution in [0.15, 0.2) is 54.6 Å². The van der Waals surface area contributed by atoms with Gasteiger partial charge in [-0.15, -0.1) is 24.8 Å². The van der Waals surface area contributed by atoms with Crippen LogP contribution in [0.25, 0.3) is 10.9 Å². The first kappa shape index (κ1) is 37.5. The van der Waals surface area contributed by atoms with Gasteiger partial charge in [0.25, 0.3) is 5.91 Å². The molecule has 46 heavy (non-hydrogen) atoms. The molecular weight excluding hydrogens is 630 g/mol. The van der Waals surface area contributed by atoms with Gasteiger partial charge in [-0.3, -0.25) is 9.59 Å². The van der Waals surface area contributed by atoms with Crippen LogP contribution in [0.4, 0.5) is 4.39 Å². The molecule has 2 aromatic carbocycles. The van der Waals surface area contributed by atoms with Crippen molar-refractivity contribution in [1.82, 2.24) is 20.1 Å². The number of fused-ring (bicyclic) bond motifs is 1. The number of halogens is 3. The minimum atomic E-state index is -0.486. The molecule has 8 nitrogen and oxygen atoms in total. The summed E-state index contributed by atoms with van der Waals surface area (Å²) in [5, 5.41) is 4.20. The third-order valence-electron chi connectivity index (χ3n) is 8.62. The Morgan fingerprint density at radius 2 is 1.74 bits per heavy atom. The Morgan fingerprint density at radius 1 is 1.00 bits per heavy atom. The molecule has 1 aromatic heterocycles. The summed E-state index contributed by atoms with van der Waals surface area (Å²) >= 11 is 0. The molecule has 252 valence electrons. The Balaban J connectivity index is 0.00000288. The second-order valence-electron chi connectivity index (χ2n) is 12.2. The first-order valence-corrected chi connectivity index (χ1v) is 16.0.